The minimum Gasteiger partial charge on any atom is -0.496 e. The van der Waals surface area contributed by atoms with Gasteiger partial charge >= 0.3 is 0 Å². The maximum Gasteiger partial charge on any atom is 0.234 e. The summed E-state index contributed by atoms with van der Waals surface area (Å²) in [6.45, 7) is 0.757. The number of ether oxygens (including phenoxy) is 3. The van der Waals surface area contributed by atoms with E-state index in [2.05, 4.69) is 40.5 Å². The van der Waals surface area contributed by atoms with E-state index in [1.165, 1.54) is 18.4 Å². The molecule has 0 atom stereocenters. The van der Waals surface area contributed by atoms with E-state index in [4.69, 9.17) is 14.2 Å². The van der Waals surface area contributed by atoms with E-state index in [1.54, 1.807) is 27.4 Å². The van der Waals surface area contributed by atoms with Crippen LogP contribution in [0.3, 0.4) is 0 Å². The minimum absolute atomic E-state index is 0.00419. The van der Waals surface area contributed by atoms with Crippen LogP contribution in [-0.4, -0.2) is 51.8 Å². The lowest BCUT2D eigenvalue weighted by Gasteiger charge is -2.34. The molecular formula is C25H34N2O4. The first kappa shape index (κ1) is 22.9. The van der Waals surface area contributed by atoms with Crippen molar-refractivity contribution in [3.8, 4) is 17.2 Å². The average molecular weight is 427 g/mol. The first-order valence-electron chi connectivity index (χ1n) is 10.9. The fourth-order valence-corrected chi connectivity index (χ4v) is 4.41. The molecule has 0 aromatic heterocycles. The normalized spacial score (nSPS) is 18.5. The second-order valence-corrected chi connectivity index (χ2v) is 8.13. The number of hydrogen-bond donors (Lipinski definition) is 1. The molecule has 1 aliphatic rings. The zero-order chi connectivity index (χ0) is 22.2. The monoisotopic (exact) mass is 426 g/mol. The number of benzene rings is 2. The number of carbonyl (C=O) groups is 1. The summed E-state index contributed by atoms with van der Waals surface area (Å²) in [6.07, 6.45) is 4.58. The summed E-state index contributed by atoms with van der Waals surface area (Å²) in [5, 5.41) is 3.01. The Morgan fingerprint density at radius 2 is 1.55 bits per heavy atom. The Morgan fingerprint density at radius 1 is 0.935 bits per heavy atom. The van der Waals surface area contributed by atoms with Gasteiger partial charge in [-0.15, -0.1) is 0 Å². The predicted octanol–water partition coefficient (Wildman–Crippen LogP) is 3.99. The smallest absolute Gasteiger partial charge is 0.234 e. The molecule has 1 fully saturated rings. The van der Waals surface area contributed by atoms with E-state index in [9.17, 15) is 4.79 Å². The Morgan fingerprint density at radius 3 is 2.16 bits per heavy atom. The van der Waals surface area contributed by atoms with Crippen LogP contribution in [0.15, 0.2) is 42.5 Å². The molecule has 6 heteroatoms. The number of methoxy groups -OCH3 is 3. The first-order valence-corrected chi connectivity index (χ1v) is 10.9. The van der Waals surface area contributed by atoms with Crippen LogP contribution in [0.25, 0.3) is 0 Å². The van der Waals surface area contributed by atoms with Crippen LogP contribution in [0, 0.1) is 0 Å². The summed E-state index contributed by atoms with van der Waals surface area (Å²) >= 11 is 0. The lowest BCUT2D eigenvalue weighted by molar-refractivity contribution is -0.122. The number of nitrogens with zero attached hydrogens (tertiary/aromatic N) is 1. The highest BCUT2D eigenvalue weighted by Gasteiger charge is 2.25. The third-order valence-corrected chi connectivity index (χ3v) is 6.25. The molecule has 2 aromatic rings. The lowest BCUT2D eigenvalue weighted by atomic mass is 9.81. The van der Waals surface area contributed by atoms with E-state index in [1.807, 2.05) is 13.1 Å². The van der Waals surface area contributed by atoms with Gasteiger partial charge < -0.3 is 19.5 Å². The summed E-state index contributed by atoms with van der Waals surface area (Å²) in [4.78, 5) is 14.8. The van der Waals surface area contributed by atoms with Crippen molar-refractivity contribution in [2.24, 2.45) is 0 Å². The molecule has 31 heavy (non-hydrogen) atoms. The molecule has 0 unspecified atom stereocenters. The molecule has 0 bridgehead atoms. The van der Waals surface area contributed by atoms with Crippen molar-refractivity contribution in [2.75, 3.05) is 34.9 Å². The summed E-state index contributed by atoms with van der Waals surface area (Å²) in [6, 6.07) is 14.8. The van der Waals surface area contributed by atoms with Crippen LogP contribution in [0.1, 0.15) is 42.7 Å². The van der Waals surface area contributed by atoms with Crippen molar-refractivity contribution >= 4 is 5.91 Å². The summed E-state index contributed by atoms with van der Waals surface area (Å²) in [7, 11) is 6.83. The Balaban J connectivity index is 1.50. The number of likely N-dealkylation sites (N-methyl/N-ethyl adjacent to an activating group) is 1. The topological polar surface area (TPSA) is 60.0 Å². The molecule has 6 nitrogen and oxygen atoms in total. The maximum absolute atomic E-state index is 12.6. The predicted molar refractivity (Wildman–Crippen MR) is 122 cm³/mol. The Labute approximate surface area is 185 Å². The van der Waals surface area contributed by atoms with Crippen LogP contribution >= 0.6 is 0 Å². The Bertz CT molecular complexity index is 848. The zero-order valence-electron chi connectivity index (χ0n) is 19.0. The fourth-order valence-electron chi connectivity index (χ4n) is 4.41. The lowest BCUT2D eigenvalue weighted by Crippen LogP contribution is -2.41. The number of nitrogens with one attached hydrogen (secondary N) is 1. The largest absolute Gasteiger partial charge is 0.496 e. The minimum atomic E-state index is 0.00419. The van der Waals surface area contributed by atoms with E-state index < -0.39 is 0 Å². The number of hydrogen-bond acceptors (Lipinski definition) is 5. The second kappa shape index (κ2) is 11.0. The highest BCUT2D eigenvalue weighted by molar-refractivity contribution is 5.78. The SMILES string of the molecule is COc1cc(OC)c(OC)cc1CNC(=O)CN(C)C1CCC(c2ccccc2)CC1. The van der Waals surface area contributed by atoms with Crippen LogP contribution in [0.2, 0.25) is 0 Å². The van der Waals surface area contributed by atoms with Crippen LogP contribution in [0.5, 0.6) is 17.2 Å². The van der Waals surface area contributed by atoms with Crippen LogP contribution < -0.4 is 19.5 Å². The maximum atomic E-state index is 12.6. The van der Waals surface area contributed by atoms with E-state index in [-0.39, 0.29) is 5.91 Å². The standard InChI is InChI=1S/C25H34N2O4/c1-27(21-12-10-19(11-13-21)18-8-6-5-7-9-18)17-25(28)26-16-20-14-23(30-3)24(31-4)15-22(20)29-2/h5-9,14-15,19,21H,10-13,16-17H2,1-4H3,(H,26,28). The van der Waals surface area contributed by atoms with Crippen LogP contribution in [0.4, 0.5) is 0 Å². The van der Waals surface area contributed by atoms with Crippen molar-refractivity contribution < 1.29 is 19.0 Å². The van der Waals surface area contributed by atoms with Gasteiger partial charge in [0, 0.05) is 24.2 Å². The molecular weight excluding hydrogens is 392 g/mol. The van der Waals surface area contributed by atoms with Crippen LogP contribution in [-0.2, 0) is 11.3 Å². The van der Waals surface area contributed by atoms with Crippen molar-refractivity contribution in [1.29, 1.82) is 0 Å². The van der Waals surface area contributed by atoms with Gasteiger partial charge in [-0.3, -0.25) is 9.69 Å². The molecule has 168 valence electrons. The Hall–Kier alpha value is -2.73. The van der Waals surface area contributed by atoms with Gasteiger partial charge in [-0.1, -0.05) is 30.3 Å². The van der Waals surface area contributed by atoms with E-state index in [0.29, 0.717) is 42.3 Å². The molecule has 0 saturated heterocycles. The van der Waals surface area contributed by atoms with Gasteiger partial charge in [0.25, 0.3) is 0 Å². The molecule has 1 amide bonds. The van der Waals surface area contributed by atoms with Gasteiger partial charge in [-0.25, -0.2) is 0 Å². The third-order valence-electron chi connectivity index (χ3n) is 6.25. The molecule has 1 saturated carbocycles. The molecule has 0 heterocycles. The molecule has 0 radical (unpaired) electrons. The van der Waals surface area contributed by atoms with Crippen molar-refractivity contribution in [3.63, 3.8) is 0 Å². The summed E-state index contributed by atoms with van der Waals surface area (Å²) < 4.78 is 16.1. The zero-order valence-corrected chi connectivity index (χ0v) is 19.0. The van der Waals surface area contributed by atoms with Gasteiger partial charge in [0.05, 0.1) is 27.9 Å². The van der Waals surface area contributed by atoms with Gasteiger partial charge in [0.15, 0.2) is 11.5 Å². The Kier molecular flexibility index (Phi) is 8.18. The molecule has 0 aliphatic heterocycles. The third kappa shape index (κ3) is 5.91. The molecule has 0 spiro atoms. The number of carbonyl (C=O) groups excluding carboxylic acids is 1. The van der Waals surface area contributed by atoms with Crippen molar-refractivity contribution in [3.05, 3.63) is 53.6 Å². The van der Waals surface area contributed by atoms with Crippen molar-refractivity contribution in [2.45, 2.75) is 44.2 Å². The molecule has 2 aromatic carbocycles. The summed E-state index contributed by atoms with van der Waals surface area (Å²) in [5.41, 5.74) is 2.28. The average Bonchev–Trinajstić information content (AvgIpc) is 2.82. The molecule has 1 aliphatic carbocycles. The van der Waals surface area contributed by atoms with Gasteiger partial charge in [-0.2, -0.15) is 0 Å². The van der Waals surface area contributed by atoms with Crippen molar-refractivity contribution in [1.82, 2.24) is 10.2 Å². The van der Waals surface area contributed by atoms with Gasteiger partial charge in [-0.05, 0) is 50.3 Å². The molecule has 1 N–H and O–H groups in total. The second-order valence-electron chi connectivity index (χ2n) is 8.13. The highest BCUT2D eigenvalue weighted by atomic mass is 16.5. The highest BCUT2D eigenvalue weighted by Crippen LogP contribution is 2.35. The van der Waals surface area contributed by atoms with E-state index in [0.717, 1.165) is 18.4 Å². The van der Waals surface area contributed by atoms with Gasteiger partial charge in [0.2, 0.25) is 5.91 Å². The number of rotatable bonds is 9. The first-order chi connectivity index (χ1) is 15.0. The fraction of sp³-hybridized carbons (Fsp3) is 0.480. The van der Waals surface area contributed by atoms with E-state index >= 15 is 0 Å². The number of amides is 1. The summed E-state index contributed by atoms with van der Waals surface area (Å²) in [5.74, 6) is 2.51. The quantitative estimate of drug-likeness (QED) is 0.657. The van der Waals surface area contributed by atoms with Gasteiger partial charge in [0.1, 0.15) is 5.75 Å². The molecule has 3 rings (SSSR count).